The largest absolute Gasteiger partial charge is 0.491 e. The molecule has 150 valence electrons. The van der Waals surface area contributed by atoms with Crippen molar-refractivity contribution in [1.29, 1.82) is 0 Å². The summed E-state index contributed by atoms with van der Waals surface area (Å²) in [5.74, 6) is 0.682. The Morgan fingerprint density at radius 1 is 1.00 bits per heavy atom. The normalized spacial score (nSPS) is 20.4. The van der Waals surface area contributed by atoms with Gasteiger partial charge in [-0.2, -0.15) is 0 Å². The molecule has 8 heteroatoms. The molecule has 8 nitrogen and oxygen atoms in total. The number of carbonyl (C=O) groups is 2. The highest BCUT2D eigenvalue weighted by atomic mass is 16.7. The number of ether oxygens (including phenoxy) is 3. The number of hydrogen-bond acceptors (Lipinski definition) is 6. The van der Waals surface area contributed by atoms with Gasteiger partial charge in [-0.3, -0.25) is 4.79 Å². The van der Waals surface area contributed by atoms with Crippen molar-refractivity contribution in [3.8, 4) is 17.2 Å². The van der Waals surface area contributed by atoms with Gasteiger partial charge in [0.2, 0.25) is 18.5 Å². The Morgan fingerprint density at radius 2 is 1.80 bits per heavy atom. The van der Waals surface area contributed by atoms with E-state index < -0.39 is 11.4 Å². The van der Waals surface area contributed by atoms with Gasteiger partial charge >= 0.3 is 5.97 Å². The summed E-state index contributed by atoms with van der Waals surface area (Å²) in [5, 5.41) is 9.11. The van der Waals surface area contributed by atoms with E-state index in [9.17, 15) is 9.59 Å². The van der Waals surface area contributed by atoms with E-state index in [4.69, 9.17) is 23.7 Å². The summed E-state index contributed by atoms with van der Waals surface area (Å²) < 4.78 is 22.3. The van der Waals surface area contributed by atoms with Gasteiger partial charge in [0.05, 0.1) is 6.54 Å². The number of benzene rings is 2. The molecule has 0 radical (unpaired) electrons. The van der Waals surface area contributed by atoms with Gasteiger partial charge in [0, 0.05) is 17.3 Å². The summed E-state index contributed by atoms with van der Waals surface area (Å²) in [6.07, 6.45) is 0. The molecule has 4 heterocycles. The maximum Gasteiger partial charge on any atom is 0.371 e. The molecule has 0 saturated carbocycles. The van der Waals surface area contributed by atoms with Crippen LogP contribution in [0.4, 0.5) is 5.69 Å². The van der Waals surface area contributed by atoms with Crippen LogP contribution in [0.5, 0.6) is 17.2 Å². The van der Waals surface area contributed by atoms with E-state index >= 15 is 0 Å². The van der Waals surface area contributed by atoms with Crippen LogP contribution in [0.2, 0.25) is 0 Å². The van der Waals surface area contributed by atoms with Crippen molar-refractivity contribution in [2.45, 2.75) is 12.0 Å². The Morgan fingerprint density at radius 3 is 2.60 bits per heavy atom. The number of carboxylic acids is 1. The maximum absolute atomic E-state index is 13.8. The SMILES string of the molecule is O=C(O)c1ccc(CN2C(=O)C3(COc4cc5c(cc43)OCO5)c3ccccc32)o1. The lowest BCUT2D eigenvalue weighted by atomic mass is 9.77. The number of amides is 1. The molecule has 1 spiro atoms. The number of hydrogen-bond donors (Lipinski definition) is 1. The number of para-hydroxylation sites is 1. The van der Waals surface area contributed by atoms with Crippen molar-refractivity contribution in [2.75, 3.05) is 18.3 Å². The molecule has 0 fully saturated rings. The highest BCUT2D eigenvalue weighted by Gasteiger charge is 2.57. The van der Waals surface area contributed by atoms with Crippen LogP contribution < -0.4 is 19.1 Å². The van der Waals surface area contributed by atoms with E-state index in [1.807, 2.05) is 30.3 Å². The van der Waals surface area contributed by atoms with E-state index in [0.29, 0.717) is 23.0 Å². The Bertz CT molecular complexity index is 1230. The second-order valence-electron chi connectivity index (χ2n) is 7.38. The molecular formula is C22H15NO7. The molecule has 0 bridgehead atoms. The van der Waals surface area contributed by atoms with Crippen molar-refractivity contribution >= 4 is 17.6 Å². The monoisotopic (exact) mass is 405 g/mol. The molecule has 1 N–H and O–H groups in total. The number of carboxylic acid groups (broad SMARTS) is 1. The van der Waals surface area contributed by atoms with Crippen LogP contribution in [0.15, 0.2) is 52.9 Å². The molecular weight excluding hydrogens is 390 g/mol. The predicted octanol–water partition coefficient (Wildman–Crippen LogP) is 2.93. The molecule has 3 aromatic rings. The third-order valence-corrected chi connectivity index (χ3v) is 5.83. The predicted molar refractivity (Wildman–Crippen MR) is 102 cm³/mol. The standard InChI is InChI=1S/C22H15NO7/c24-20(25)16-6-5-12(30-16)9-23-15-4-2-1-3-13(15)22(21(23)26)10-27-17-8-19-18(7-14(17)22)28-11-29-19/h1-8H,9-11H2,(H,24,25). The maximum atomic E-state index is 13.8. The first-order valence-corrected chi connectivity index (χ1v) is 9.38. The average Bonchev–Trinajstić information content (AvgIpc) is 3.51. The zero-order valence-corrected chi connectivity index (χ0v) is 15.6. The molecule has 0 saturated heterocycles. The van der Waals surface area contributed by atoms with Crippen LogP contribution in [-0.4, -0.2) is 30.4 Å². The zero-order valence-electron chi connectivity index (χ0n) is 15.6. The van der Waals surface area contributed by atoms with Gasteiger partial charge in [0.15, 0.2) is 11.5 Å². The lowest BCUT2D eigenvalue weighted by molar-refractivity contribution is -0.122. The topological polar surface area (TPSA) is 98.4 Å². The molecule has 3 aliphatic heterocycles. The smallest absolute Gasteiger partial charge is 0.371 e. The number of nitrogens with zero attached hydrogens (tertiary/aromatic N) is 1. The lowest BCUT2D eigenvalue weighted by Gasteiger charge is -2.22. The van der Waals surface area contributed by atoms with Crippen molar-refractivity contribution in [2.24, 2.45) is 0 Å². The number of rotatable bonds is 3. The molecule has 3 aliphatic rings. The number of furan rings is 1. The van der Waals surface area contributed by atoms with Crippen molar-refractivity contribution in [3.05, 3.63) is 71.2 Å². The summed E-state index contributed by atoms with van der Waals surface area (Å²) in [7, 11) is 0. The quantitative estimate of drug-likeness (QED) is 0.715. The number of fused-ring (bicyclic) bond motifs is 5. The van der Waals surface area contributed by atoms with Gasteiger partial charge in [-0.15, -0.1) is 0 Å². The number of aromatic carboxylic acids is 1. The van der Waals surface area contributed by atoms with Gasteiger partial charge in [-0.25, -0.2) is 4.79 Å². The number of anilines is 1. The summed E-state index contributed by atoms with van der Waals surface area (Å²) in [4.78, 5) is 26.6. The minimum absolute atomic E-state index is 0.116. The molecule has 2 aromatic carbocycles. The summed E-state index contributed by atoms with van der Waals surface area (Å²) in [5.41, 5.74) is 1.30. The van der Waals surface area contributed by atoms with E-state index in [0.717, 1.165) is 16.8 Å². The average molecular weight is 405 g/mol. The highest BCUT2D eigenvalue weighted by molar-refractivity contribution is 6.11. The first-order chi connectivity index (χ1) is 14.6. The van der Waals surface area contributed by atoms with E-state index in [2.05, 4.69) is 0 Å². The second-order valence-corrected chi connectivity index (χ2v) is 7.38. The molecule has 1 unspecified atom stereocenters. The minimum Gasteiger partial charge on any atom is -0.491 e. The van der Waals surface area contributed by atoms with Crippen LogP contribution in [-0.2, 0) is 16.8 Å². The summed E-state index contributed by atoms with van der Waals surface area (Å²) in [6.45, 7) is 0.410. The Balaban J connectivity index is 1.47. The fourth-order valence-electron chi connectivity index (χ4n) is 4.46. The van der Waals surface area contributed by atoms with Crippen molar-refractivity contribution < 1.29 is 33.3 Å². The van der Waals surface area contributed by atoms with Gasteiger partial charge < -0.3 is 28.6 Å². The third kappa shape index (κ3) is 2.10. The first-order valence-electron chi connectivity index (χ1n) is 9.38. The molecule has 1 atom stereocenters. The Kier molecular flexibility index (Phi) is 3.27. The minimum atomic E-state index is -1.15. The van der Waals surface area contributed by atoms with Gasteiger partial charge in [-0.05, 0) is 29.8 Å². The first kappa shape index (κ1) is 17.0. The second kappa shape index (κ2) is 5.79. The Labute approximate surface area is 170 Å². The molecule has 6 rings (SSSR count). The van der Waals surface area contributed by atoms with Crippen LogP contribution in [0.1, 0.15) is 27.4 Å². The van der Waals surface area contributed by atoms with Gasteiger partial charge in [0.25, 0.3) is 0 Å². The highest BCUT2D eigenvalue weighted by Crippen LogP contribution is 2.55. The fraction of sp³-hybridized carbons (Fsp3) is 0.182. The van der Waals surface area contributed by atoms with Crippen LogP contribution in [0.3, 0.4) is 0 Å². The Hall–Kier alpha value is -3.94. The van der Waals surface area contributed by atoms with E-state index in [1.165, 1.54) is 6.07 Å². The number of carbonyl (C=O) groups excluding carboxylic acids is 1. The zero-order chi connectivity index (χ0) is 20.5. The van der Waals surface area contributed by atoms with Crippen molar-refractivity contribution in [1.82, 2.24) is 0 Å². The molecule has 1 aromatic heterocycles. The third-order valence-electron chi connectivity index (χ3n) is 5.83. The van der Waals surface area contributed by atoms with E-state index in [-0.39, 0.29) is 31.6 Å². The fourth-order valence-corrected chi connectivity index (χ4v) is 4.46. The summed E-state index contributed by atoms with van der Waals surface area (Å²) >= 11 is 0. The molecule has 0 aliphatic carbocycles. The van der Waals surface area contributed by atoms with Gasteiger partial charge in [-0.1, -0.05) is 18.2 Å². The van der Waals surface area contributed by atoms with Crippen LogP contribution in [0, 0.1) is 0 Å². The van der Waals surface area contributed by atoms with Crippen LogP contribution >= 0.6 is 0 Å². The summed E-state index contributed by atoms with van der Waals surface area (Å²) in [6, 6.07) is 14.1. The molecule has 30 heavy (non-hydrogen) atoms. The molecule has 1 amide bonds. The van der Waals surface area contributed by atoms with E-state index in [1.54, 1.807) is 17.0 Å². The van der Waals surface area contributed by atoms with Gasteiger partial charge in [0.1, 0.15) is 23.5 Å². The van der Waals surface area contributed by atoms with Crippen molar-refractivity contribution in [3.63, 3.8) is 0 Å². The van der Waals surface area contributed by atoms with Crippen LogP contribution in [0.25, 0.3) is 0 Å². The lowest BCUT2D eigenvalue weighted by Crippen LogP contribution is -2.42.